The first-order chi connectivity index (χ1) is 8.30. The molecule has 1 heterocycles. The van der Waals surface area contributed by atoms with Crippen LogP contribution in [0.15, 0.2) is 0 Å². The molecule has 0 aromatic carbocycles. The summed E-state index contributed by atoms with van der Waals surface area (Å²) in [7, 11) is 0. The molecule has 1 N–H and O–H groups in total. The molecule has 1 aliphatic heterocycles. The zero-order valence-electron chi connectivity index (χ0n) is 9.61. The van der Waals surface area contributed by atoms with Gasteiger partial charge in [-0.05, 0) is 31.1 Å². The molecular weight excluding hydrogens is 251 g/mol. The normalized spacial score (nSPS) is 32.2. The Morgan fingerprint density at radius 1 is 1.17 bits per heavy atom. The Balaban J connectivity index is 2.02. The highest BCUT2D eigenvalue weighted by Gasteiger charge is 2.48. The number of amides is 1. The average molecular weight is 265 g/mol. The molecule has 4 nitrogen and oxygen atoms in total. The molecule has 7 heteroatoms. The van der Waals surface area contributed by atoms with E-state index in [1.165, 1.54) is 0 Å². The maximum Gasteiger partial charge on any atom is 0.471 e. The van der Waals surface area contributed by atoms with Crippen molar-refractivity contribution in [1.82, 2.24) is 4.90 Å². The molecule has 0 aromatic heterocycles. The second-order valence-electron chi connectivity index (χ2n) is 4.98. The third-order valence-electron chi connectivity index (χ3n) is 4.00. The van der Waals surface area contributed by atoms with Crippen LogP contribution in [0.25, 0.3) is 0 Å². The molecule has 3 atom stereocenters. The molecule has 0 bridgehead atoms. The fourth-order valence-electron chi connectivity index (χ4n) is 3.16. The van der Waals surface area contributed by atoms with Crippen molar-refractivity contribution in [1.29, 1.82) is 0 Å². The molecule has 1 saturated heterocycles. The summed E-state index contributed by atoms with van der Waals surface area (Å²) in [5.74, 6) is -3.33. The first-order valence-electron chi connectivity index (χ1n) is 5.89. The monoisotopic (exact) mass is 265 g/mol. The van der Waals surface area contributed by atoms with Gasteiger partial charge in [0, 0.05) is 13.1 Å². The van der Waals surface area contributed by atoms with E-state index in [1.807, 2.05) is 0 Å². The number of hydrogen-bond acceptors (Lipinski definition) is 2. The fraction of sp³-hybridized carbons (Fsp3) is 0.818. The number of carbonyl (C=O) groups excluding carboxylic acids is 1. The standard InChI is InChI=1S/C11H14F3NO3/c12-11(13,14)10(18)15-4-3-7-6(5-15)1-2-8(7)9(16)17/h6-8H,1-5H2,(H,16,17)/t6-,7+,8-/m1/s1. The van der Waals surface area contributed by atoms with Crippen LogP contribution < -0.4 is 0 Å². The number of rotatable bonds is 1. The number of alkyl halides is 3. The number of halogens is 3. The molecule has 0 aromatic rings. The molecule has 0 spiro atoms. The number of fused-ring (bicyclic) bond motifs is 1. The fourth-order valence-corrected chi connectivity index (χ4v) is 3.16. The van der Waals surface area contributed by atoms with Gasteiger partial charge in [-0.2, -0.15) is 13.2 Å². The molecule has 2 aliphatic rings. The van der Waals surface area contributed by atoms with Gasteiger partial charge in [0.1, 0.15) is 0 Å². The van der Waals surface area contributed by atoms with Gasteiger partial charge in [-0.25, -0.2) is 0 Å². The topological polar surface area (TPSA) is 57.6 Å². The van der Waals surface area contributed by atoms with Crippen molar-refractivity contribution in [2.75, 3.05) is 13.1 Å². The quantitative estimate of drug-likeness (QED) is 0.781. The second-order valence-corrected chi connectivity index (χ2v) is 4.98. The van der Waals surface area contributed by atoms with Crippen molar-refractivity contribution in [3.8, 4) is 0 Å². The van der Waals surface area contributed by atoms with Crippen LogP contribution in [0.1, 0.15) is 19.3 Å². The molecule has 1 saturated carbocycles. The molecule has 2 rings (SSSR count). The van der Waals surface area contributed by atoms with Gasteiger partial charge in [0.15, 0.2) is 0 Å². The summed E-state index contributed by atoms with van der Waals surface area (Å²) < 4.78 is 36.9. The highest BCUT2D eigenvalue weighted by Crippen LogP contribution is 2.42. The Hall–Kier alpha value is -1.27. The Morgan fingerprint density at radius 3 is 2.39 bits per heavy atom. The van der Waals surface area contributed by atoms with Crippen LogP contribution in [-0.2, 0) is 9.59 Å². The third kappa shape index (κ3) is 2.30. The number of carbonyl (C=O) groups is 2. The van der Waals surface area contributed by atoms with Crippen LogP contribution in [0, 0.1) is 17.8 Å². The first-order valence-corrected chi connectivity index (χ1v) is 5.89. The molecule has 1 amide bonds. The van der Waals surface area contributed by atoms with Crippen molar-refractivity contribution in [3.63, 3.8) is 0 Å². The lowest BCUT2D eigenvalue weighted by Gasteiger charge is -2.36. The van der Waals surface area contributed by atoms with Crippen molar-refractivity contribution in [3.05, 3.63) is 0 Å². The van der Waals surface area contributed by atoms with E-state index in [0.717, 1.165) is 4.90 Å². The van der Waals surface area contributed by atoms with E-state index in [0.29, 0.717) is 19.3 Å². The summed E-state index contributed by atoms with van der Waals surface area (Å²) in [6.45, 7) is 0.0378. The van der Waals surface area contributed by atoms with Gasteiger partial charge in [-0.3, -0.25) is 9.59 Å². The van der Waals surface area contributed by atoms with Crippen molar-refractivity contribution in [2.24, 2.45) is 17.8 Å². The number of likely N-dealkylation sites (tertiary alicyclic amines) is 1. The first kappa shape index (κ1) is 13.2. The van der Waals surface area contributed by atoms with E-state index in [1.54, 1.807) is 0 Å². The predicted molar refractivity (Wildman–Crippen MR) is 54.6 cm³/mol. The number of nitrogens with zero attached hydrogens (tertiary/aromatic N) is 1. The van der Waals surface area contributed by atoms with Crippen LogP contribution in [-0.4, -0.2) is 41.1 Å². The molecule has 18 heavy (non-hydrogen) atoms. The van der Waals surface area contributed by atoms with Crippen LogP contribution >= 0.6 is 0 Å². The Labute approximate surface area is 102 Å². The SMILES string of the molecule is O=C(O)[C@@H]1CC[C@@H]2CN(C(=O)C(F)(F)F)CC[C@@H]21. The highest BCUT2D eigenvalue weighted by atomic mass is 19.4. The summed E-state index contributed by atoms with van der Waals surface area (Å²) in [5.41, 5.74) is 0. The van der Waals surface area contributed by atoms with Gasteiger partial charge in [-0.1, -0.05) is 0 Å². The minimum atomic E-state index is -4.84. The molecular formula is C11H14F3NO3. The van der Waals surface area contributed by atoms with Crippen molar-refractivity contribution < 1.29 is 27.9 Å². The summed E-state index contributed by atoms with van der Waals surface area (Å²) in [4.78, 5) is 22.9. The summed E-state index contributed by atoms with van der Waals surface area (Å²) in [6, 6.07) is 0. The second kappa shape index (κ2) is 4.44. The van der Waals surface area contributed by atoms with Crippen LogP contribution in [0.5, 0.6) is 0 Å². The maximum atomic E-state index is 12.3. The number of piperidine rings is 1. The van der Waals surface area contributed by atoms with Gasteiger partial charge >= 0.3 is 18.1 Å². The van der Waals surface area contributed by atoms with Crippen LogP contribution in [0.3, 0.4) is 0 Å². The van der Waals surface area contributed by atoms with E-state index >= 15 is 0 Å². The van der Waals surface area contributed by atoms with E-state index < -0.39 is 24.0 Å². The minimum absolute atomic E-state index is 0.00326. The molecule has 0 unspecified atom stereocenters. The third-order valence-corrected chi connectivity index (χ3v) is 4.00. The van der Waals surface area contributed by atoms with E-state index in [4.69, 9.17) is 5.11 Å². The van der Waals surface area contributed by atoms with Gasteiger partial charge in [0.2, 0.25) is 0 Å². The minimum Gasteiger partial charge on any atom is -0.481 e. The van der Waals surface area contributed by atoms with Crippen molar-refractivity contribution >= 4 is 11.9 Å². The number of carboxylic acids is 1. The van der Waals surface area contributed by atoms with Gasteiger partial charge in [0.05, 0.1) is 5.92 Å². The average Bonchev–Trinajstić information content (AvgIpc) is 2.69. The van der Waals surface area contributed by atoms with E-state index in [-0.39, 0.29) is 24.9 Å². The molecule has 102 valence electrons. The Bertz CT molecular complexity index is 369. The lowest BCUT2D eigenvalue weighted by Crippen LogP contribution is -2.48. The number of aliphatic carboxylic acids is 1. The summed E-state index contributed by atoms with van der Waals surface area (Å²) >= 11 is 0. The summed E-state index contributed by atoms with van der Waals surface area (Å²) in [6.07, 6.45) is -3.40. The lowest BCUT2D eigenvalue weighted by molar-refractivity contribution is -0.187. The van der Waals surface area contributed by atoms with Crippen LogP contribution in [0.4, 0.5) is 13.2 Å². The van der Waals surface area contributed by atoms with Gasteiger partial charge < -0.3 is 10.0 Å². The summed E-state index contributed by atoms with van der Waals surface area (Å²) in [5, 5.41) is 9.00. The van der Waals surface area contributed by atoms with Crippen molar-refractivity contribution in [2.45, 2.75) is 25.4 Å². The van der Waals surface area contributed by atoms with E-state index in [9.17, 15) is 22.8 Å². The smallest absolute Gasteiger partial charge is 0.471 e. The van der Waals surface area contributed by atoms with Crippen LogP contribution in [0.2, 0.25) is 0 Å². The molecule has 1 aliphatic carbocycles. The maximum absolute atomic E-state index is 12.3. The van der Waals surface area contributed by atoms with Gasteiger partial charge in [0.25, 0.3) is 0 Å². The van der Waals surface area contributed by atoms with E-state index in [2.05, 4.69) is 0 Å². The lowest BCUT2D eigenvalue weighted by atomic mass is 9.83. The Kier molecular flexibility index (Phi) is 3.25. The zero-order chi connectivity index (χ0) is 13.5. The van der Waals surface area contributed by atoms with Gasteiger partial charge in [-0.15, -0.1) is 0 Å². The zero-order valence-corrected chi connectivity index (χ0v) is 9.61. The molecule has 0 radical (unpaired) electrons. The Morgan fingerprint density at radius 2 is 1.83 bits per heavy atom. The molecule has 2 fully saturated rings. The number of hydrogen-bond donors (Lipinski definition) is 1. The highest BCUT2D eigenvalue weighted by molar-refractivity contribution is 5.82. The largest absolute Gasteiger partial charge is 0.481 e. The number of carboxylic acid groups (broad SMARTS) is 1. The predicted octanol–water partition coefficient (Wildman–Crippen LogP) is 1.51.